The van der Waals surface area contributed by atoms with Gasteiger partial charge in [-0.25, -0.2) is 0 Å². The number of nitrogens with zero attached hydrogens (tertiary/aromatic N) is 3. The van der Waals surface area contributed by atoms with Crippen LogP contribution in [-0.2, 0) is 4.79 Å². The summed E-state index contributed by atoms with van der Waals surface area (Å²) in [7, 11) is 0. The van der Waals surface area contributed by atoms with Crippen LogP contribution in [0, 0.1) is 0 Å². The number of rotatable bonds is 6. The fourth-order valence-corrected chi connectivity index (χ4v) is 4.44. The van der Waals surface area contributed by atoms with E-state index in [-0.39, 0.29) is 18.5 Å². The Morgan fingerprint density at radius 1 is 1.36 bits per heavy atom. The van der Waals surface area contributed by atoms with E-state index in [1.165, 1.54) is 0 Å². The fourth-order valence-electron chi connectivity index (χ4n) is 3.62. The first-order valence-electron chi connectivity index (χ1n) is 9.27. The van der Waals surface area contributed by atoms with E-state index in [0.29, 0.717) is 5.11 Å². The summed E-state index contributed by atoms with van der Waals surface area (Å²) in [4.78, 5) is 18.4. The van der Waals surface area contributed by atoms with Crippen molar-refractivity contribution in [3.8, 4) is 0 Å². The Bertz CT molecular complexity index is 529. The second kappa shape index (κ2) is 8.60. The minimum absolute atomic E-state index is 0.0498. The highest BCUT2D eigenvalue weighted by molar-refractivity contribution is 7.80. The van der Waals surface area contributed by atoms with Crippen molar-refractivity contribution in [3.05, 3.63) is 0 Å². The molecular weight excluding hydrogens is 354 g/mol. The van der Waals surface area contributed by atoms with Gasteiger partial charge < -0.3 is 25.3 Å². The van der Waals surface area contributed by atoms with Gasteiger partial charge in [0.1, 0.15) is 12.2 Å². The largest absolute Gasteiger partial charge is 0.349 e. The zero-order valence-corrected chi connectivity index (χ0v) is 17.4. The molecule has 8 heteroatoms. The van der Waals surface area contributed by atoms with Crippen LogP contribution in [0.2, 0.25) is 0 Å². The lowest BCUT2D eigenvalue weighted by Crippen LogP contribution is -2.74. The third-order valence-electron chi connectivity index (χ3n) is 5.27. The highest BCUT2D eigenvalue weighted by atomic mass is 32.1. The van der Waals surface area contributed by atoms with Crippen LogP contribution in [0.4, 0.5) is 0 Å². The summed E-state index contributed by atoms with van der Waals surface area (Å²) in [5, 5.41) is 7.65. The van der Waals surface area contributed by atoms with Gasteiger partial charge in [0.15, 0.2) is 10.2 Å². The summed E-state index contributed by atoms with van der Waals surface area (Å²) in [6.45, 7) is 12.5. The topological polar surface area (TPSA) is 50.9 Å². The highest BCUT2D eigenvalue weighted by Gasteiger charge is 2.50. The molecule has 2 atom stereocenters. The second-order valence-corrected chi connectivity index (χ2v) is 7.74. The standard InChI is InChI=1S/C17H31N5OS2/c1-5-7-10-20(9-6-2)16(25)21-11-8-18-13(3)17(21,4)22-12-14(23)19-15(22)24/h13,18H,5-12H2,1-4H3,(H,19,23,24). The second-order valence-electron chi connectivity index (χ2n) is 6.98. The Balaban J connectivity index is 2.29. The van der Waals surface area contributed by atoms with Gasteiger partial charge in [-0.15, -0.1) is 0 Å². The van der Waals surface area contributed by atoms with Crippen LogP contribution in [0.3, 0.4) is 0 Å². The first kappa shape index (κ1) is 20.3. The third kappa shape index (κ3) is 4.06. The number of hydrogen-bond acceptors (Lipinski definition) is 4. The number of hydrogen-bond donors (Lipinski definition) is 2. The van der Waals surface area contributed by atoms with E-state index in [0.717, 1.165) is 50.6 Å². The lowest BCUT2D eigenvalue weighted by molar-refractivity contribution is -0.120. The molecule has 2 unspecified atom stereocenters. The number of carbonyl (C=O) groups excluding carboxylic acids is 1. The molecule has 0 aromatic rings. The molecule has 2 rings (SSSR count). The number of piperazine rings is 1. The van der Waals surface area contributed by atoms with Crippen molar-refractivity contribution in [2.75, 3.05) is 32.7 Å². The van der Waals surface area contributed by atoms with E-state index < -0.39 is 5.66 Å². The van der Waals surface area contributed by atoms with E-state index >= 15 is 0 Å². The summed E-state index contributed by atoms with van der Waals surface area (Å²) < 4.78 is 0. The molecule has 0 aromatic carbocycles. The number of nitrogens with one attached hydrogen (secondary N) is 2. The molecule has 0 bridgehead atoms. The SMILES string of the molecule is CCCCN(CCC)C(=S)N1CCNC(C)C1(C)N1CC(=O)NC1=S. The molecule has 0 radical (unpaired) electrons. The van der Waals surface area contributed by atoms with E-state index in [9.17, 15) is 4.79 Å². The lowest BCUT2D eigenvalue weighted by Gasteiger charge is -2.55. The molecule has 142 valence electrons. The average Bonchev–Trinajstić information content (AvgIpc) is 2.92. The van der Waals surface area contributed by atoms with Gasteiger partial charge in [0.2, 0.25) is 5.91 Å². The van der Waals surface area contributed by atoms with Gasteiger partial charge in [-0.3, -0.25) is 4.79 Å². The summed E-state index contributed by atoms with van der Waals surface area (Å²) in [5.41, 5.74) is -0.468. The van der Waals surface area contributed by atoms with Crippen LogP contribution >= 0.6 is 24.4 Å². The predicted molar refractivity (Wildman–Crippen MR) is 109 cm³/mol. The number of thiocarbonyl (C=S) groups is 2. The van der Waals surface area contributed by atoms with Crippen LogP contribution < -0.4 is 10.6 Å². The van der Waals surface area contributed by atoms with E-state index in [1.54, 1.807) is 0 Å². The van der Waals surface area contributed by atoms with Gasteiger partial charge >= 0.3 is 0 Å². The smallest absolute Gasteiger partial charge is 0.245 e. The predicted octanol–water partition coefficient (Wildman–Crippen LogP) is 1.51. The maximum absolute atomic E-state index is 11.9. The van der Waals surface area contributed by atoms with Crippen LogP contribution in [0.5, 0.6) is 0 Å². The van der Waals surface area contributed by atoms with Crippen molar-refractivity contribution in [3.63, 3.8) is 0 Å². The summed E-state index contributed by atoms with van der Waals surface area (Å²) >= 11 is 11.4. The molecule has 2 heterocycles. The molecule has 0 aromatic heterocycles. The van der Waals surface area contributed by atoms with Crippen molar-refractivity contribution in [2.45, 2.75) is 58.7 Å². The van der Waals surface area contributed by atoms with Gasteiger partial charge in [0, 0.05) is 32.2 Å². The first-order valence-corrected chi connectivity index (χ1v) is 10.1. The number of unbranched alkanes of at least 4 members (excludes halogenated alkanes) is 1. The molecular formula is C17H31N5OS2. The minimum Gasteiger partial charge on any atom is -0.349 e. The summed E-state index contributed by atoms with van der Waals surface area (Å²) in [5.74, 6) is -0.0498. The number of carbonyl (C=O) groups is 1. The van der Waals surface area contributed by atoms with Gasteiger partial charge in [-0.05, 0) is 51.1 Å². The monoisotopic (exact) mass is 385 g/mol. The molecule has 6 nitrogen and oxygen atoms in total. The van der Waals surface area contributed by atoms with Gasteiger partial charge in [0.05, 0.1) is 0 Å². The Morgan fingerprint density at radius 2 is 2.08 bits per heavy atom. The van der Waals surface area contributed by atoms with Crippen molar-refractivity contribution in [1.82, 2.24) is 25.3 Å². The molecule has 1 amide bonds. The van der Waals surface area contributed by atoms with Gasteiger partial charge in [0.25, 0.3) is 0 Å². The molecule has 2 saturated heterocycles. The minimum atomic E-state index is -0.468. The Morgan fingerprint density at radius 3 is 2.64 bits per heavy atom. The molecule has 0 spiro atoms. The molecule has 0 aliphatic carbocycles. The van der Waals surface area contributed by atoms with Crippen molar-refractivity contribution in [1.29, 1.82) is 0 Å². The summed E-state index contributed by atoms with van der Waals surface area (Å²) in [6, 6.07) is 0.125. The van der Waals surface area contributed by atoms with Crippen LogP contribution in [0.1, 0.15) is 47.0 Å². The Kier molecular flexibility index (Phi) is 6.99. The molecule has 2 fully saturated rings. The molecule has 2 aliphatic rings. The summed E-state index contributed by atoms with van der Waals surface area (Å²) in [6.07, 6.45) is 3.33. The molecule has 2 N–H and O–H groups in total. The van der Waals surface area contributed by atoms with Crippen molar-refractivity contribution < 1.29 is 4.79 Å². The van der Waals surface area contributed by atoms with E-state index in [2.05, 4.69) is 48.1 Å². The average molecular weight is 386 g/mol. The van der Waals surface area contributed by atoms with Crippen LogP contribution in [0.15, 0.2) is 0 Å². The van der Waals surface area contributed by atoms with Crippen molar-refractivity contribution in [2.24, 2.45) is 0 Å². The maximum Gasteiger partial charge on any atom is 0.245 e. The fraction of sp³-hybridized carbons (Fsp3) is 0.824. The molecule has 0 saturated carbocycles. The Labute approximate surface area is 162 Å². The highest BCUT2D eigenvalue weighted by Crippen LogP contribution is 2.30. The van der Waals surface area contributed by atoms with Gasteiger partial charge in [-0.1, -0.05) is 20.3 Å². The maximum atomic E-state index is 11.9. The lowest BCUT2D eigenvalue weighted by atomic mass is 9.97. The van der Waals surface area contributed by atoms with Gasteiger partial charge in [-0.2, -0.15) is 0 Å². The molecule has 2 aliphatic heterocycles. The van der Waals surface area contributed by atoms with Crippen LogP contribution in [-0.4, -0.2) is 75.3 Å². The number of amides is 1. The zero-order chi connectivity index (χ0) is 18.6. The quantitative estimate of drug-likeness (QED) is 0.672. The normalized spacial score (nSPS) is 26.8. The Hall–Kier alpha value is -0.990. The van der Waals surface area contributed by atoms with Crippen LogP contribution in [0.25, 0.3) is 0 Å². The third-order valence-corrected chi connectivity index (χ3v) is 6.07. The molecule has 25 heavy (non-hydrogen) atoms. The van der Waals surface area contributed by atoms with E-state index in [1.807, 2.05) is 4.90 Å². The van der Waals surface area contributed by atoms with Crippen molar-refractivity contribution >= 4 is 40.6 Å². The van der Waals surface area contributed by atoms with E-state index in [4.69, 9.17) is 24.4 Å². The zero-order valence-electron chi connectivity index (χ0n) is 15.8. The first-order chi connectivity index (χ1) is 11.9.